The van der Waals surface area contributed by atoms with Gasteiger partial charge in [0, 0.05) is 6.04 Å². The molecule has 1 rings (SSSR count). The molecule has 0 amide bonds. The van der Waals surface area contributed by atoms with Crippen LogP contribution in [0, 0.1) is 5.92 Å². The predicted molar refractivity (Wildman–Crippen MR) is 41.5 cm³/mol. The molecule has 58 valence electrons. The van der Waals surface area contributed by atoms with Crippen molar-refractivity contribution in [3.63, 3.8) is 0 Å². The highest BCUT2D eigenvalue weighted by Crippen LogP contribution is 2.18. The quantitative estimate of drug-likeness (QED) is 0.505. The van der Waals surface area contributed by atoms with Crippen LogP contribution < -0.4 is 0 Å². The van der Waals surface area contributed by atoms with E-state index in [-0.39, 0.29) is 6.23 Å². The van der Waals surface area contributed by atoms with Crippen molar-refractivity contribution in [1.82, 2.24) is 4.90 Å². The predicted octanol–water partition coefficient (Wildman–Crippen LogP) is 0.831. The summed E-state index contributed by atoms with van der Waals surface area (Å²) in [6, 6.07) is 0.444. The monoisotopic (exact) mass is 141 g/mol. The average molecular weight is 141 g/mol. The van der Waals surface area contributed by atoms with Crippen LogP contribution in [0.15, 0.2) is 12.2 Å². The van der Waals surface area contributed by atoms with E-state index in [0.717, 1.165) is 0 Å². The first-order chi connectivity index (χ1) is 4.63. The summed E-state index contributed by atoms with van der Waals surface area (Å²) < 4.78 is 0. The van der Waals surface area contributed by atoms with Crippen LogP contribution in [0.4, 0.5) is 0 Å². The summed E-state index contributed by atoms with van der Waals surface area (Å²) in [5, 5.41) is 9.30. The van der Waals surface area contributed by atoms with E-state index in [4.69, 9.17) is 0 Å². The summed E-state index contributed by atoms with van der Waals surface area (Å²) >= 11 is 0. The van der Waals surface area contributed by atoms with Crippen molar-refractivity contribution in [1.29, 1.82) is 0 Å². The van der Waals surface area contributed by atoms with Gasteiger partial charge in [-0.1, -0.05) is 13.0 Å². The molecule has 0 aromatic rings. The second kappa shape index (κ2) is 2.72. The van der Waals surface area contributed by atoms with Crippen molar-refractivity contribution < 1.29 is 5.11 Å². The standard InChI is InChI=1S/C8H15NO/c1-6-4-5-8(10)9(3)7(6)2/h4-8,10H,1-3H3. The Morgan fingerprint density at radius 1 is 1.30 bits per heavy atom. The molecule has 2 heteroatoms. The van der Waals surface area contributed by atoms with Gasteiger partial charge in [-0.2, -0.15) is 0 Å². The molecule has 0 saturated carbocycles. The van der Waals surface area contributed by atoms with Crippen molar-refractivity contribution in [3.05, 3.63) is 12.2 Å². The molecule has 1 aliphatic rings. The van der Waals surface area contributed by atoms with Gasteiger partial charge in [0.05, 0.1) is 0 Å². The van der Waals surface area contributed by atoms with Crippen LogP contribution in [-0.4, -0.2) is 29.3 Å². The summed E-state index contributed by atoms with van der Waals surface area (Å²) in [5.41, 5.74) is 0. The molecule has 1 heterocycles. The highest BCUT2D eigenvalue weighted by atomic mass is 16.3. The zero-order chi connectivity index (χ0) is 7.72. The van der Waals surface area contributed by atoms with E-state index in [1.54, 1.807) is 0 Å². The Morgan fingerprint density at radius 3 is 2.40 bits per heavy atom. The maximum atomic E-state index is 9.30. The SMILES string of the molecule is CC1C=CC(O)N(C)C1C. The molecule has 0 bridgehead atoms. The van der Waals surface area contributed by atoms with E-state index < -0.39 is 0 Å². The molecule has 3 atom stereocenters. The van der Waals surface area contributed by atoms with Crippen molar-refractivity contribution in [2.24, 2.45) is 5.92 Å². The molecule has 2 nitrogen and oxygen atoms in total. The Morgan fingerprint density at radius 2 is 1.90 bits per heavy atom. The van der Waals surface area contributed by atoms with Gasteiger partial charge in [0.25, 0.3) is 0 Å². The molecule has 10 heavy (non-hydrogen) atoms. The lowest BCUT2D eigenvalue weighted by molar-refractivity contribution is 0.0156. The van der Waals surface area contributed by atoms with Gasteiger partial charge in [-0.3, -0.25) is 4.90 Å². The number of aliphatic hydroxyl groups is 1. The molecule has 0 radical (unpaired) electrons. The molecule has 0 fully saturated rings. The average Bonchev–Trinajstić information content (AvgIpc) is 1.93. The van der Waals surface area contributed by atoms with Gasteiger partial charge in [-0.15, -0.1) is 0 Å². The molecule has 3 unspecified atom stereocenters. The Labute approximate surface area is 62.2 Å². The van der Waals surface area contributed by atoms with Crippen LogP contribution in [0.5, 0.6) is 0 Å². The number of rotatable bonds is 0. The normalized spacial score (nSPS) is 42.2. The lowest BCUT2D eigenvalue weighted by atomic mass is 9.98. The van der Waals surface area contributed by atoms with Gasteiger partial charge in [-0.25, -0.2) is 0 Å². The molecular formula is C8H15NO. The summed E-state index contributed by atoms with van der Waals surface area (Å²) in [6.45, 7) is 4.28. The largest absolute Gasteiger partial charge is 0.375 e. The van der Waals surface area contributed by atoms with Crippen LogP contribution in [-0.2, 0) is 0 Å². The molecule has 0 aromatic carbocycles. The van der Waals surface area contributed by atoms with Crippen LogP contribution in [0.1, 0.15) is 13.8 Å². The van der Waals surface area contributed by atoms with Crippen LogP contribution in [0.3, 0.4) is 0 Å². The summed E-state index contributed by atoms with van der Waals surface area (Å²) in [6.07, 6.45) is 3.52. The van der Waals surface area contributed by atoms with Crippen LogP contribution >= 0.6 is 0 Å². The number of nitrogens with zero attached hydrogens (tertiary/aromatic N) is 1. The van der Waals surface area contributed by atoms with E-state index in [0.29, 0.717) is 12.0 Å². The fourth-order valence-corrected chi connectivity index (χ4v) is 1.18. The van der Waals surface area contributed by atoms with Crippen molar-refractivity contribution >= 4 is 0 Å². The zero-order valence-corrected chi connectivity index (χ0v) is 6.78. The highest BCUT2D eigenvalue weighted by molar-refractivity contribution is 5.00. The second-order valence-electron chi connectivity index (χ2n) is 3.06. The minimum absolute atomic E-state index is 0.383. The molecule has 1 aliphatic heterocycles. The Hall–Kier alpha value is -0.340. The number of hydrogen-bond acceptors (Lipinski definition) is 2. The summed E-state index contributed by atoms with van der Waals surface area (Å²) in [7, 11) is 1.94. The van der Waals surface area contributed by atoms with Gasteiger partial charge in [0.1, 0.15) is 6.23 Å². The maximum absolute atomic E-state index is 9.30. The first-order valence-electron chi connectivity index (χ1n) is 3.71. The topological polar surface area (TPSA) is 23.5 Å². The Kier molecular flexibility index (Phi) is 2.11. The minimum Gasteiger partial charge on any atom is -0.375 e. The fraction of sp³-hybridized carbons (Fsp3) is 0.750. The summed E-state index contributed by atoms with van der Waals surface area (Å²) in [5.74, 6) is 0.549. The molecule has 0 aliphatic carbocycles. The molecular weight excluding hydrogens is 126 g/mol. The molecule has 0 spiro atoms. The number of hydrogen-bond donors (Lipinski definition) is 1. The van der Waals surface area contributed by atoms with Gasteiger partial charge >= 0.3 is 0 Å². The van der Waals surface area contributed by atoms with E-state index in [2.05, 4.69) is 19.9 Å². The third-order valence-corrected chi connectivity index (χ3v) is 2.41. The summed E-state index contributed by atoms with van der Waals surface area (Å²) in [4.78, 5) is 1.96. The fourth-order valence-electron chi connectivity index (χ4n) is 1.18. The Balaban J connectivity index is 2.69. The number of aliphatic hydroxyl groups excluding tert-OH is 1. The smallest absolute Gasteiger partial charge is 0.126 e. The molecule has 1 N–H and O–H groups in total. The van der Waals surface area contributed by atoms with Gasteiger partial charge in [0.2, 0.25) is 0 Å². The first-order valence-corrected chi connectivity index (χ1v) is 3.71. The van der Waals surface area contributed by atoms with Gasteiger partial charge in [-0.05, 0) is 26.0 Å². The van der Waals surface area contributed by atoms with E-state index >= 15 is 0 Å². The molecule has 0 aromatic heterocycles. The van der Waals surface area contributed by atoms with Crippen molar-refractivity contribution in [2.75, 3.05) is 7.05 Å². The Bertz CT molecular complexity index is 128. The minimum atomic E-state index is -0.383. The van der Waals surface area contributed by atoms with Crippen molar-refractivity contribution in [2.45, 2.75) is 26.1 Å². The van der Waals surface area contributed by atoms with E-state index in [1.165, 1.54) is 0 Å². The number of likely N-dealkylation sites (N-methyl/N-ethyl adjacent to an activating group) is 1. The van der Waals surface area contributed by atoms with Crippen LogP contribution in [0.25, 0.3) is 0 Å². The van der Waals surface area contributed by atoms with Crippen molar-refractivity contribution in [3.8, 4) is 0 Å². The third-order valence-electron chi connectivity index (χ3n) is 2.41. The van der Waals surface area contributed by atoms with E-state index in [9.17, 15) is 5.11 Å². The highest BCUT2D eigenvalue weighted by Gasteiger charge is 2.22. The van der Waals surface area contributed by atoms with Crippen LogP contribution in [0.2, 0.25) is 0 Å². The van der Waals surface area contributed by atoms with Gasteiger partial charge < -0.3 is 5.11 Å². The third kappa shape index (κ3) is 1.22. The lowest BCUT2D eigenvalue weighted by Gasteiger charge is -2.34. The zero-order valence-electron chi connectivity index (χ0n) is 6.78. The second-order valence-corrected chi connectivity index (χ2v) is 3.06. The molecule has 0 saturated heterocycles. The lowest BCUT2D eigenvalue weighted by Crippen LogP contribution is -2.43. The van der Waals surface area contributed by atoms with E-state index in [1.807, 2.05) is 18.0 Å². The first kappa shape index (κ1) is 7.76. The van der Waals surface area contributed by atoms with Gasteiger partial charge in [0.15, 0.2) is 0 Å². The maximum Gasteiger partial charge on any atom is 0.126 e.